The molecule has 8 heteroatoms. The highest BCUT2D eigenvalue weighted by atomic mass is 32.2. The number of benzene rings is 3. The van der Waals surface area contributed by atoms with Gasteiger partial charge in [0.05, 0.1) is 11.1 Å². The zero-order chi connectivity index (χ0) is 25.9. The fraction of sp³-hybridized carbons (Fsp3) is 0.241. The molecule has 0 aromatic heterocycles. The number of hydrogen-bond acceptors (Lipinski definition) is 6. The van der Waals surface area contributed by atoms with E-state index in [1.807, 2.05) is 74.5 Å². The van der Waals surface area contributed by atoms with Gasteiger partial charge in [0.2, 0.25) is 0 Å². The molecule has 0 bridgehead atoms. The molecule has 0 unspecified atom stereocenters. The summed E-state index contributed by atoms with van der Waals surface area (Å²) >= 11 is 1.41. The monoisotopic (exact) mass is 512 g/mol. The minimum Gasteiger partial charge on any atom is -0.451 e. The second-order valence-corrected chi connectivity index (χ2v) is 11.6. The third-order valence-electron chi connectivity index (χ3n) is 7.18. The van der Waals surface area contributed by atoms with Crippen LogP contribution < -0.4 is 0 Å². The van der Waals surface area contributed by atoms with E-state index in [0.717, 1.165) is 16.0 Å². The number of hydrogen-bond donors (Lipinski definition) is 0. The zero-order valence-electron chi connectivity index (χ0n) is 20.2. The highest BCUT2D eigenvalue weighted by Crippen LogP contribution is 2.53. The molecule has 2 saturated heterocycles. The van der Waals surface area contributed by atoms with Crippen molar-refractivity contribution in [1.29, 1.82) is 0 Å². The first-order chi connectivity index (χ1) is 17.8. The van der Waals surface area contributed by atoms with Crippen LogP contribution in [0, 0.1) is 0 Å². The van der Waals surface area contributed by atoms with Crippen LogP contribution in [0.3, 0.4) is 0 Å². The van der Waals surface area contributed by atoms with Crippen LogP contribution in [-0.2, 0) is 14.3 Å². The van der Waals surface area contributed by atoms with Crippen molar-refractivity contribution in [2.24, 2.45) is 0 Å². The van der Waals surface area contributed by atoms with Gasteiger partial charge < -0.3 is 9.64 Å². The smallest absolute Gasteiger partial charge is 0.331 e. The van der Waals surface area contributed by atoms with Gasteiger partial charge in [0.15, 0.2) is 6.10 Å². The lowest BCUT2D eigenvalue weighted by Crippen LogP contribution is -2.71. The Morgan fingerprint density at radius 1 is 0.811 bits per heavy atom. The first-order valence-corrected chi connectivity index (χ1v) is 12.9. The molecule has 3 aliphatic rings. The van der Waals surface area contributed by atoms with Crippen molar-refractivity contribution in [1.82, 2.24) is 9.80 Å². The molecule has 37 heavy (non-hydrogen) atoms. The number of esters is 1. The lowest BCUT2D eigenvalue weighted by molar-refractivity contribution is -0.168. The Morgan fingerprint density at radius 2 is 1.30 bits per heavy atom. The third kappa shape index (κ3) is 3.58. The number of fused-ring (bicyclic) bond motifs is 2. The first-order valence-electron chi connectivity index (χ1n) is 12.1. The number of rotatable bonds is 5. The molecule has 3 atom stereocenters. The van der Waals surface area contributed by atoms with Crippen molar-refractivity contribution in [3.8, 4) is 0 Å². The maximum atomic E-state index is 13.7. The predicted octanol–water partition coefficient (Wildman–Crippen LogP) is 4.05. The van der Waals surface area contributed by atoms with Crippen LogP contribution in [0.4, 0.5) is 0 Å². The fourth-order valence-corrected chi connectivity index (χ4v) is 7.10. The van der Waals surface area contributed by atoms with E-state index >= 15 is 0 Å². The highest BCUT2D eigenvalue weighted by Gasteiger charge is 2.67. The van der Waals surface area contributed by atoms with Gasteiger partial charge in [0, 0.05) is 4.75 Å². The van der Waals surface area contributed by atoms with Gasteiger partial charge in [0.25, 0.3) is 17.7 Å². The van der Waals surface area contributed by atoms with E-state index in [4.69, 9.17) is 4.74 Å². The number of carbonyl (C=O) groups is 4. The summed E-state index contributed by atoms with van der Waals surface area (Å²) in [5, 5.41) is -0.519. The molecule has 3 amide bonds. The summed E-state index contributed by atoms with van der Waals surface area (Å²) in [5.41, 5.74) is 2.23. The van der Waals surface area contributed by atoms with E-state index in [-0.39, 0.29) is 0 Å². The molecule has 0 aliphatic carbocycles. The van der Waals surface area contributed by atoms with Crippen LogP contribution in [-0.4, -0.2) is 55.7 Å². The van der Waals surface area contributed by atoms with Crippen LogP contribution in [0.15, 0.2) is 84.9 Å². The van der Waals surface area contributed by atoms with Gasteiger partial charge in [0.1, 0.15) is 17.5 Å². The summed E-state index contributed by atoms with van der Waals surface area (Å²) in [6.07, 6.45) is -0.641. The summed E-state index contributed by atoms with van der Waals surface area (Å²) in [6.45, 7) is 3.77. The minimum atomic E-state index is -0.950. The van der Waals surface area contributed by atoms with Gasteiger partial charge >= 0.3 is 5.97 Å². The molecule has 0 radical (unpaired) electrons. The zero-order valence-corrected chi connectivity index (χ0v) is 21.1. The van der Waals surface area contributed by atoms with E-state index in [9.17, 15) is 19.2 Å². The third-order valence-corrected chi connectivity index (χ3v) is 8.74. The maximum absolute atomic E-state index is 13.7. The number of imide groups is 1. The summed E-state index contributed by atoms with van der Waals surface area (Å²) in [4.78, 5) is 55.8. The second kappa shape index (κ2) is 8.59. The van der Waals surface area contributed by atoms with Crippen molar-refractivity contribution >= 4 is 35.5 Å². The van der Waals surface area contributed by atoms with Crippen LogP contribution in [0.25, 0.3) is 0 Å². The first kappa shape index (κ1) is 23.5. The molecule has 3 heterocycles. The van der Waals surface area contributed by atoms with E-state index in [2.05, 4.69) is 0 Å². The van der Waals surface area contributed by atoms with E-state index < -0.39 is 52.0 Å². The summed E-state index contributed by atoms with van der Waals surface area (Å²) < 4.78 is 5.41. The molecule has 186 valence electrons. The quantitative estimate of drug-likeness (QED) is 0.291. The van der Waals surface area contributed by atoms with Gasteiger partial charge in [-0.3, -0.25) is 19.3 Å². The van der Waals surface area contributed by atoms with Crippen molar-refractivity contribution in [3.63, 3.8) is 0 Å². The Hall–Kier alpha value is -3.91. The molecule has 0 N–H and O–H groups in total. The van der Waals surface area contributed by atoms with Gasteiger partial charge in [-0.15, -0.1) is 11.8 Å². The number of ether oxygens (including phenoxy) is 1. The Bertz CT molecular complexity index is 1350. The topological polar surface area (TPSA) is 84.0 Å². The summed E-state index contributed by atoms with van der Waals surface area (Å²) in [6, 6.07) is 23.7. The highest BCUT2D eigenvalue weighted by molar-refractivity contribution is 8.01. The number of amides is 3. The van der Waals surface area contributed by atoms with E-state index in [1.54, 1.807) is 24.3 Å². The number of thioether (sulfide) groups is 1. The normalized spacial score (nSPS) is 23.6. The van der Waals surface area contributed by atoms with Crippen LogP contribution in [0.1, 0.15) is 51.8 Å². The Morgan fingerprint density at radius 3 is 1.81 bits per heavy atom. The van der Waals surface area contributed by atoms with E-state index in [1.165, 1.54) is 16.7 Å². The second-order valence-electron chi connectivity index (χ2n) is 9.87. The van der Waals surface area contributed by atoms with E-state index in [0.29, 0.717) is 11.1 Å². The average Bonchev–Trinajstić information content (AvgIpc) is 3.31. The molecule has 3 aromatic rings. The molecular formula is C29H24N2O5S. The molecule has 3 aliphatic heterocycles. The summed E-state index contributed by atoms with van der Waals surface area (Å²) in [5.74, 6) is -1.89. The SMILES string of the molecule is CC1(C)S[C@@H]2[C@H](N3C(=O)c4ccccc4C3=O)C(=O)N2[C@H]1C(=O)OC(c1ccccc1)c1ccccc1. The molecule has 6 rings (SSSR count). The number of nitrogens with zero attached hydrogens (tertiary/aromatic N) is 2. The van der Waals surface area contributed by atoms with Crippen LogP contribution in [0.5, 0.6) is 0 Å². The van der Waals surface area contributed by atoms with Gasteiger partial charge in [-0.05, 0) is 37.1 Å². The number of carbonyl (C=O) groups excluding carboxylic acids is 4. The van der Waals surface area contributed by atoms with Crippen molar-refractivity contribution < 1.29 is 23.9 Å². The van der Waals surface area contributed by atoms with Crippen LogP contribution >= 0.6 is 11.8 Å². The lowest BCUT2D eigenvalue weighted by Gasteiger charge is -2.46. The van der Waals surface area contributed by atoms with Crippen molar-refractivity contribution in [2.45, 2.75) is 42.2 Å². The molecule has 2 fully saturated rings. The Kier molecular flexibility index (Phi) is 5.45. The Labute approximate surface area is 218 Å². The Balaban J connectivity index is 1.28. The molecular weight excluding hydrogens is 488 g/mol. The molecule has 0 spiro atoms. The largest absolute Gasteiger partial charge is 0.451 e. The fourth-order valence-electron chi connectivity index (χ4n) is 5.44. The van der Waals surface area contributed by atoms with Gasteiger partial charge in [-0.1, -0.05) is 72.8 Å². The minimum absolute atomic E-state index is 0.297. The van der Waals surface area contributed by atoms with Gasteiger partial charge in [-0.25, -0.2) is 4.79 Å². The molecule has 0 saturated carbocycles. The van der Waals surface area contributed by atoms with Crippen LogP contribution in [0.2, 0.25) is 0 Å². The molecule has 7 nitrogen and oxygen atoms in total. The van der Waals surface area contributed by atoms with Gasteiger partial charge in [-0.2, -0.15) is 0 Å². The van der Waals surface area contributed by atoms with Crippen molar-refractivity contribution in [2.75, 3.05) is 0 Å². The molecule has 3 aromatic carbocycles. The number of β-lactam (4-membered cyclic amide) rings is 1. The standard InChI is InChI=1S/C29H24N2O5S/c1-29(2)23(28(35)36-22(17-11-5-3-6-12-17)18-13-7-4-8-14-18)31-26(34)21(27(31)37-29)30-24(32)19-15-9-10-16-20(19)25(30)33/h3-16,21-23,27H,1-2H3/t21-,23+,27-/m1/s1. The lowest BCUT2D eigenvalue weighted by atomic mass is 9.94. The maximum Gasteiger partial charge on any atom is 0.331 e. The predicted molar refractivity (Wildman–Crippen MR) is 138 cm³/mol. The van der Waals surface area contributed by atoms with Crippen molar-refractivity contribution in [3.05, 3.63) is 107 Å². The average molecular weight is 513 g/mol. The summed E-state index contributed by atoms with van der Waals surface area (Å²) in [7, 11) is 0.